The number of rotatable bonds is 2. The van der Waals surface area contributed by atoms with Gasteiger partial charge in [-0.15, -0.1) is 5.11 Å². The first-order chi connectivity index (χ1) is 9.75. The Labute approximate surface area is 122 Å². The third-order valence-electron chi connectivity index (χ3n) is 1.95. The van der Waals surface area contributed by atoms with Crippen LogP contribution in [-0.4, -0.2) is 24.2 Å². The first kappa shape index (κ1) is 16.5. The van der Waals surface area contributed by atoms with E-state index in [2.05, 4.69) is 15.2 Å². The van der Waals surface area contributed by atoms with Crippen molar-refractivity contribution < 1.29 is 13.0 Å². The van der Waals surface area contributed by atoms with Crippen molar-refractivity contribution in [2.75, 3.05) is 17.7 Å². The normalized spacial score (nSPS) is 11.0. The molecule has 1 heterocycles. The van der Waals surface area contributed by atoms with Gasteiger partial charge in [-0.2, -0.15) is 13.5 Å². The van der Waals surface area contributed by atoms with Crippen LogP contribution in [-0.2, 0) is 10.1 Å². The lowest BCUT2D eigenvalue weighted by Gasteiger charge is -1.98. The Morgan fingerprint density at radius 3 is 2.14 bits per heavy atom. The zero-order valence-electron chi connectivity index (χ0n) is 11.2. The van der Waals surface area contributed by atoms with Crippen molar-refractivity contribution in [1.29, 1.82) is 0 Å². The van der Waals surface area contributed by atoms with Crippen LogP contribution >= 0.6 is 0 Å². The second kappa shape index (κ2) is 7.31. The number of aromatic nitrogens is 1. The summed E-state index contributed by atoms with van der Waals surface area (Å²) in [5, 5.41) is 8.03. The summed E-state index contributed by atoms with van der Waals surface area (Å²) in [5.41, 5.74) is 12.4. The van der Waals surface area contributed by atoms with Crippen LogP contribution in [0.3, 0.4) is 0 Å². The highest BCUT2D eigenvalue weighted by atomic mass is 32.2. The molecule has 0 aliphatic heterocycles. The maximum absolute atomic E-state index is 9.19. The highest BCUT2D eigenvalue weighted by Gasteiger charge is 1.98. The molecule has 9 heteroatoms. The third-order valence-corrected chi connectivity index (χ3v) is 1.95. The maximum Gasteiger partial charge on any atom is 0.261 e. The fraction of sp³-hybridized carbons (Fsp3) is 0.0833. The summed E-state index contributed by atoms with van der Waals surface area (Å²) >= 11 is 0. The second-order valence-corrected chi connectivity index (χ2v) is 5.38. The van der Waals surface area contributed by atoms with Crippen LogP contribution in [0.25, 0.3) is 0 Å². The van der Waals surface area contributed by atoms with Crippen molar-refractivity contribution >= 4 is 33.1 Å². The van der Waals surface area contributed by atoms with Gasteiger partial charge in [0.15, 0.2) is 5.82 Å². The number of azo groups is 1. The molecule has 0 spiro atoms. The quantitative estimate of drug-likeness (QED) is 0.572. The molecular weight excluding hydrogens is 294 g/mol. The molecule has 0 aliphatic carbocycles. The number of anilines is 2. The number of nitrogens with zero attached hydrogens (tertiary/aromatic N) is 3. The van der Waals surface area contributed by atoms with Crippen molar-refractivity contribution in [3.05, 3.63) is 42.5 Å². The van der Waals surface area contributed by atoms with Crippen LogP contribution < -0.4 is 11.5 Å². The Morgan fingerprint density at radius 1 is 1.05 bits per heavy atom. The van der Waals surface area contributed by atoms with Gasteiger partial charge < -0.3 is 11.5 Å². The lowest BCUT2D eigenvalue weighted by Crippen LogP contribution is -1.95. The minimum Gasteiger partial charge on any atom is -0.384 e. The number of hydrogen-bond donors (Lipinski definition) is 3. The fourth-order valence-electron chi connectivity index (χ4n) is 1.17. The molecule has 1 aromatic carbocycles. The molecule has 0 amide bonds. The molecule has 0 saturated carbocycles. The van der Waals surface area contributed by atoms with Crippen LogP contribution in [0, 0.1) is 0 Å². The number of benzene rings is 1. The summed E-state index contributed by atoms with van der Waals surface area (Å²) in [7, 11) is -3.67. The third kappa shape index (κ3) is 7.60. The van der Waals surface area contributed by atoms with Crippen molar-refractivity contribution in [3.63, 3.8) is 0 Å². The van der Waals surface area contributed by atoms with Gasteiger partial charge in [0.1, 0.15) is 11.5 Å². The molecule has 112 valence electrons. The summed E-state index contributed by atoms with van der Waals surface area (Å²) in [6.45, 7) is 0. The summed E-state index contributed by atoms with van der Waals surface area (Å²) in [6, 6.07) is 12.7. The van der Waals surface area contributed by atoms with Gasteiger partial charge in [0, 0.05) is 0 Å². The molecule has 5 N–H and O–H groups in total. The molecule has 8 nitrogen and oxygen atoms in total. The number of pyridine rings is 1. The molecule has 0 bridgehead atoms. The van der Waals surface area contributed by atoms with Gasteiger partial charge in [-0.1, -0.05) is 18.2 Å². The van der Waals surface area contributed by atoms with Crippen LogP contribution in [0.4, 0.5) is 23.0 Å². The Morgan fingerprint density at radius 2 is 1.62 bits per heavy atom. The Balaban J connectivity index is 0.000000383. The average molecular weight is 309 g/mol. The zero-order chi connectivity index (χ0) is 15.9. The predicted octanol–water partition coefficient (Wildman–Crippen LogP) is 2.17. The molecular formula is C12H15N5O3S. The number of nitrogen functional groups attached to an aromatic ring is 2. The van der Waals surface area contributed by atoms with Gasteiger partial charge in [0.05, 0.1) is 11.9 Å². The standard InChI is InChI=1S/C11H11N5.CH4O3S/c12-10-7-6-9(11(13)14-10)16-15-8-4-2-1-3-5-8;1-5(2,3)4/h1-7H,(H4,12,13,14);1H3,(H,2,3,4). The molecule has 1 aromatic heterocycles. The van der Waals surface area contributed by atoms with Crippen LogP contribution in [0.5, 0.6) is 0 Å². The Kier molecular flexibility index (Phi) is 5.76. The summed E-state index contributed by atoms with van der Waals surface area (Å²) in [5.74, 6) is 0.649. The van der Waals surface area contributed by atoms with Gasteiger partial charge in [-0.25, -0.2) is 4.98 Å². The van der Waals surface area contributed by atoms with Crippen molar-refractivity contribution in [2.45, 2.75) is 0 Å². The van der Waals surface area contributed by atoms with E-state index >= 15 is 0 Å². The minimum atomic E-state index is -3.67. The summed E-state index contributed by atoms with van der Waals surface area (Å²) in [6.07, 6.45) is 0.715. The maximum atomic E-state index is 9.19. The van der Waals surface area contributed by atoms with Gasteiger partial charge in [0.2, 0.25) is 0 Å². The van der Waals surface area contributed by atoms with Crippen molar-refractivity contribution in [2.24, 2.45) is 10.2 Å². The largest absolute Gasteiger partial charge is 0.384 e. The predicted molar refractivity (Wildman–Crippen MR) is 81.2 cm³/mol. The highest BCUT2D eigenvalue weighted by Crippen LogP contribution is 2.23. The van der Waals surface area contributed by atoms with Gasteiger partial charge in [-0.3, -0.25) is 4.55 Å². The van der Waals surface area contributed by atoms with E-state index in [0.29, 0.717) is 17.8 Å². The van der Waals surface area contributed by atoms with Gasteiger partial charge in [0.25, 0.3) is 10.1 Å². The summed E-state index contributed by atoms with van der Waals surface area (Å²) in [4.78, 5) is 3.89. The molecule has 0 atom stereocenters. The SMILES string of the molecule is CS(=O)(=O)O.Nc1ccc(N=Nc2ccccc2)c(N)n1. The molecule has 2 rings (SSSR count). The lowest BCUT2D eigenvalue weighted by molar-refractivity contribution is 0.490. The average Bonchev–Trinajstić information content (AvgIpc) is 2.37. The number of hydrogen-bond acceptors (Lipinski definition) is 7. The van der Waals surface area contributed by atoms with E-state index in [-0.39, 0.29) is 5.82 Å². The second-order valence-electron chi connectivity index (χ2n) is 3.91. The van der Waals surface area contributed by atoms with Crippen LogP contribution in [0.15, 0.2) is 52.7 Å². The van der Waals surface area contributed by atoms with Crippen LogP contribution in [0.1, 0.15) is 0 Å². The monoisotopic (exact) mass is 309 g/mol. The van der Waals surface area contributed by atoms with Gasteiger partial charge in [-0.05, 0) is 24.3 Å². The minimum absolute atomic E-state index is 0.277. The Hall–Kier alpha value is -2.52. The van der Waals surface area contributed by atoms with E-state index in [9.17, 15) is 8.42 Å². The highest BCUT2D eigenvalue weighted by molar-refractivity contribution is 7.85. The molecule has 0 saturated heterocycles. The van der Waals surface area contributed by atoms with Crippen molar-refractivity contribution in [1.82, 2.24) is 4.98 Å². The van der Waals surface area contributed by atoms with E-state index in [0.717, 1.165) is 5.69 Å². The fourth-order valence-corrected chi connectivity index (χ4v) is 1.17. The molecule has 0 radical (unpaired) electrons. The first-order valence-corrected chi connectivity index (χ1v) is 7.52. The molecule has 0 unspecified atom stereocenters. The van der Waals surface area contributed by atoms with Crippen molar-refractivity contribution in [3.8, 4) is 0 Å². The molecule has 0 fully saturated rings. The topological polar surface area (TPSA) is 144 Å². The van der Waals surface area contributed by atoms with Crippen LogP contribution in [0.2, 0.25) is 0 Å². The first-order valence-electron chi connectivity index (χ1n) is 5.67. The van der Waals surface area contributed by atoms with E-state index in [1.54, 1.807) is 12.1 Å². The molecule has 0 aliphatic rings. The van der Waals surface area contributed by atoms with E-state index < -0.39 is 10.1 Å². The smallest absolute Gasteiger partial charge is 0.261 e. The number of nitrogens with two attached hydrogens (primary N) is 2. The Bertz CT molecular complexity index is 709. The summed E-state index contributed by atoms with van der Waals surface area (Å²) < 4.78 is 25.9. The van der Waals surface area contributed by atoms with E-state index in [1.165, 1.54) is 0 Å². The van der Waals surface area contributed by atoms with E-state index in [4.69, 9.17) is 16.0 Å². The molecule has 2 aromatic rings. The molecule has 21 heavy (non-hydrogen) atoms. The van der Waals surface area contributed by atoms with Gasteiger partial charge >= 0.3 is 0 Å². The van der Waals surface area contributed by atoms with E-state index in [1.807, 2.05) is 30.3 Å². The lowest BCUT2D eigenvalue weighted by atomic mass is 10.3. The zero-order valence-corrected chi connectivity index (χ0v) is 12.0.